The fourth-order valence-electron chi connectivity index (χ4n) is 1.67. The van der Waals surface area contributed by atoms with Crippen LogP contribution in [0.4, 0.5) is 5.13 Å². The van der Waals surface area contributed by atoms with Crippen molar-refractivity contribution in [1.29, 1.82) is 0 Å². The number of anilines is 1. The average Bonchev–Trinajstić information content (AvgIpc) is 2.72. The van der Waals surface area contributed by atoms with Crippen molar-refractivity contribution in [2.75, 3.05) is 31.7 Å². The van der Waals surface area contributed by atoms with Crippen LogP contribution in [0.2, 0.25) is 0 Å². The molecular weight excluding hydrogens is 200 g/mol. The minimum Gasteiger partial charge on any atom is -0.381 e. The predicted octanol–water partition coefficient (Wildman–Crippen LogP) is 0.796. The Bertz CT molecular complexity index is 260. The van der Waals surface area contributed by atoms with Gasteiger partial charge in [-0.2, -0.15) is 0 Å². The summed E-state index contributed by atoms with van der Waals surface area (Å²) >= 11 is 1.34. The molecule has 14 heavy (non-hydrogen) atoms. The topological polar surface area (TPSA) is 51.1 Å². The molecular formula is C8H14N4OS. The zero-order chi connectivity index (χ0) is 9.80. The van der Waals surface area contributed by atoms with Crippen LogP contribution >= 0.6 is 11.5 Å². The highest BCUT2D eigenvalue weighted by Crippen LogP contribution is 2.19. The zero-order valence-electron chi connectivity index (χ0n) is 8.22. The summed E-state index contributed by atoms with van der Waals surface area (Å²) in [5.41, 5.74) is 0. The van der Waals surface area contributed by atoms with Gasteiger partial charge >= 0.3 is 0 Å². The molecule has 0 radical (unpaired) electrons. The molecule has 0 bridgehead atoms. The third-order valence-corrected chi connectivity index (χ3v) is 3.20. The van der Waals surface area contributed by atoms with Crippen LogP contribution in [0, 0.1) is 5.92 Å². The van der Waals surface area contributed by atoms with Crippen LogP contribution in [0.15, 0.2) is 0 Å². The van der Waals surface area contributed by atoms with Gasteiger partial charge in [-0.05, 0) is 24.0 Å². The second-order valence-corrected chi connectivity index (χ2v) is 4.29. The summed E-state index contributed by atoms with van der Waals surface area (Å²) in [6, 6.07) is 0. The Hall–Kier alpha value is -0.750. The van der Waals surface area contributed by atoms with Crippen molar-refractivity contribution < 1.29 is 4.74 Å². The lowest BCUT2D eigenvalue weighted by Gasteiger charge is -2.26. The molecule has 1 aliphatic rings. The molecule has 0 atom stereocenters. The highest BCUT2D eigenvalue weighted by Gasteiger charge is 2.17. The Kier molecular flexibility index (Phi) is 3.26. The second kappa shape index (κ2) is 4.65. The van der Waals surface area contributed by atoms with Gasteiger partial charge in [0.05, 0.1) is 0 Å². The van der Waals surface area contributed by atoms with Crippen LogP contribution in [0.25, 0.3) is 0 Å². The second-order valence-electron chi connectivity index (χ2n) is 3.58. The molecule has 0 aliphatic carbocycles. The lowest BCUT2D eigenvalue weighted by Crippen LogP contribution is -2.29. The van der Waals surface area contributed by atoms with E-state index in [9.17, 15) is 0 Å². The predicted molar refractivity (Wildman–Crippen MR) is 54.5 cm³/mol. The normalized spacial score (nSPS) is 18.4. The lowest BCUT2D eigenvalue weighted by atomic mass is 10.0. The number of hydrogen-bond acceptors (Lipinski definition) is 6. The molecule has 78 valence electrons. The highest BCUT2D eigenvalue weighted by molar-refractivity contribution is 7.09. The third kappa shape index (κ3) is 2.39. The monoisotopic (exact) mass is 214 g/mol. The first-order valence-corrected chi connectivity index (χ1v) is 5.57. The molecule has 0 N–H and O–H groups in total. The van der Waals surface area contributed by atoms with Gasteiger partial charge in [0.2, 0.25) is 5.13 Å². The Balaban J connectivity index is 1.84. The van der Waals surface area contributed by atoms with E-state index in [1.54, 1.807) is 0 Å². The molecule has 0 amide bonds. The van der Waals surface area contributed by atoms with Crippen molar-refractivity contribution in [2.24, 2.45) is 5.92 Å². The van der Waals surface area contributed by atoms with Gasteiger partial charge in [0, 0.05) is 38.3 Å². The fourth-order valence-corrected chi connectivity index (χ4v) is 2.10. The van der Waals surface area contributed by atoms with E-state index in [0.29, 0.717) is 0 Å². The Labute approximate surface area is 87.2 Å². The molecule has 6 heteroatoms. The van der Waals surface area contributed by atoms with Crippen LogP contribution in [-0.4, -0.2) is 41.6 Å². The van der Waals surface area contributed by atoms with Crippen molar-refractivity contribution in [3.05, 3.63) is 0 Å². The molecule has 2 heterocycles. The van der Waals surface area contributed by atoms with Gasteiger partial charge in [0.15, 0.2) is 0 Å². The zero-order valence-corrected chi connectivity index (χ0v) is 9.03. The largest absolute Gasteiger partial charge is 0.381 e. The molecule has 2 rings (SSSR count). The van der Waals surface area contributed by atoms with Crippen LogP contribution in [0.5, 0.6) is 0 Å². The van der Waals surface area contributed by atoms with Gasteiger partial charge in [0.1, 0.15) is 0 Å². The van der Waals surface area contributed by atoms with E-state index >= 15 is 0 Å². The van der Waals surface area contributed by atoms with Crippen LogP contribution in [0.3, 0.4) is 0 Å². The molecule has 0 unspecified atom stereocenters. The maximum Gasteiger partial charge on any atom is 0.227 e. The minimum atomic E-state index is 0.720. The van der Waals surface area contributed by atoms with Gasteiger partial charge in [-0.3, -0.25) is 0 Å². The number of aromatic nitrogens is 3. The minimum absolute atomic E-state index is 0.720. The summed E-state index contributed by atoms with van der Waals surface area (Å²) in [5, 5.41) is 8.42. The lowest BCUT2D eigenvalue weighted by molar-refractivity contribution is 0.0685. The molecule has 5 nitrogen and oxygen atoms in total. The third-order valence-electron chi connectivity index (χ3n) is 2.49. The van der Waals surface area contributed by atoms with Gasteiger partial charge in [-0.15, -0.1) is 0 Å². The molecule has 1 fully saturated rings. The van der Waals surface area contributed by atoms with E-state index < -0.39 is 0 Å². The summed E-state index contributed by atoms with van der Waals surface area (Å²) < 4.78 is 9.07. The molecule has 1 aliphatic heterocycles. The van der Waals surface area contributed by atoms with Crippen LogP contribution in [-0.2, 0) is 4.74 Å². The van der Waals surface area contributed by atoms with E-state index in [0.717, 1.165) is 43.6 Å². The van der Waals surface area contributed by atoms with E-state index in [2.05, 4.69) is 19.7 Å². The number of nitrogens with zero attached hydrogens (tertiary/aromatic N) is 4. The van der Waals surface area contributed by atoms with Crippen molar-refractivity contribution in [3.8, 4) is 0 Å². The summed E-state index contributed by atoms with van der Waals surface area (Å²) in [6.45, 7) is 2.82. The van der Waals surface area contributed by atoms with Gasteiger partial charge in [-0.25, -0.2) is 0 Å². The van der Waals surface area contributed by atoms with Gasteiger partial charge in [-0.1, -0.05) is 9.59 Å². The van der Waals surface area contributed by atoms with Crippen molar-refractivity contribution in [1.82, 2.24) is 14.8 Å². The molecule has 0 saturated carbocycles. The molecule has 0 aromatic carbocycles. The highest BCUT2D eigenvalue weighted by atomic mass is 32.1. The quantitative estimate of drug-likeness (QED) is 0.744. The maximum atomic E-state index is 5.32. The van der Waals surface area contributed by atoms with Crippen molar-refractivity contribution in [3.63, 3.8) is 0 Å². The van der Waals surface area contributed by atoms with Gasteiger partial charge < -0.3 is 9.64 Å². The Morgan fingerprint density at radius 2 is 2.29 bits per heavy atom. The van der Waals surface area contributed by atoms with Crippen LogP contribution in [0.1, 0.15) is 12.8 Å². The maximum absolute atomic E-state index is 5.32. The molecule has 1 aromatic rings. The summed E-state index contributed by atoms with van der Waals surface area (Å²) in [7, 11) is 2.04. The average molecular weight is 214 g/mol. The molecule has 1 saturated heterocycles. The van der Waals surface area contributed by atoms with E-state index in [4.69, 9.17) is 4.74 Å². The van der Waals surface area contributed by atoms with Gasteiger partial charge in [0.25, 0.3) is 0 Å². The number of hydrogen-bond donors (Lipinski definition) is 0. The van der Waals surface area contributed by atoms with Crippen molar-refractivity contribution >= 4 is 16.7 Å². The fraction of sp³-hybridized carbons (Fsp3) is 0.875. The first-order chi connectivity index (χ1) is 6.86. The Morgan fingerprint density at radius 1 is 1.50 bits per heavy atom. The SMILES string of the molecule is CN(CC1CCOCC1)c1nnns1. The summed E-state index contributed by atoms with van der Waals surface area (Å²) in [4.78, 5) is 2.13. The summed E-state index contributed by atoms with van der Waals surface area (Å²) in [5.74, 6) is 0.720. The smallest absolute Gasteiger partial charge is 0.227 e. The van der Waals surface area contributed by atoms with Crippen LogP contribution < -0.4 is 4.90 Å². The van der Waals surface area contributed by atoms with E-state index in [1.165, 1.54) is 11.5 Å². The Morgan fingerprint density at radius 3 is 2.93 bits per heavy atom. The standard InChI is InChI=1S/C8H14N4OS/c1-12(8-9-10-11-14-8)6-7-2-4-13-5-3-7/h7H,2-6H2,1H3. The number of ether oxygens (including phenoxy) is 1. The summed E-state index contributed by atoms with van der Waals surface area (Å²) in [6.07, 6.45) is 2.30. The van der Waals surface area contributed by atoms with E-state index in [1.807, 2.05) is 7.05 Å². The van der Waals surface area contributed by atoms with E-state index in [-0.39, 0.29) is 0 Å². The first kappa shape index (κ1) is 9.79. The molecule has 1 aromatic heterocycles. The number of rotatable bonds is 3. The van der Waals surface area contributed by atoms with Crippen molar-refractivity contribution in [2.45, 2.75) is 12.8 Å². The first-order valence-electron chi connectivity index (χ1n) is 4.80. The molecule has 0 spiro atoms.